The Bertz CT molecular complexity index is 433. The van der Waals surface area contributed by atoms with Crippen LogP contribution in [0.4, 0.5) is 11.4 Å². The van der Waals surface area contributed by atoms with Gasteiger partial charge in [0.15, 0.2) is 0 Å². The monoisotopic (exact) mass is 258 g/mol. The molecule has 0 atom stereocenters. The van der Waals surface area contributed by atoms with Gasteiger partial charge in [-0.3, -0.25) is 0 Å². The molecule has 0 aromatic heterocycles. The van der Waals surface area contributed by atoms with Crippen molar-refractivity contribution in [1.82, 2.24) is 4.90 Å². The van der Waals surface area contributed by atoms with E-state index in [1.54, 1.807) is 0 Å². The number of nitrogens with zero attached hydrogens (tertiary/aromatic N) is 1. The van der Waals surface area contributed by atoms with E-state index >= 15 is 0 Å². The van der Waals surface area contributed by atoms with Gasteiger partial charge in [0.05, 0.1) is 11.4 Å². The van der Waals surface area contributed by atoms with Gasteiger partial charge in [-0.2, -0.15) is 0 Å². The Kier molecular flexibility index (Phi) is 4.28. The maximum Gasteiger partial charge on any atom is 0.0526 e. The Balaban J connectivity index is 0.000000267. The summed E-state index contributed by atoms with van der Waals surface area (Å²) in [6.45, 7) is 0. The molecular formula is C15H18N2S. The van der Waals surface area contributed by atoms with Gasteiger partial charge in [0.25, 0.3) is 0 Å². The molecule has 2 nitrogen and oxygen atoms in total. The molecule has 0 fully saturated rings. The van der Waals surface area contributed by atoms with Gasteiger partial charge in [-0.1, -0.05) is 36.0 Å². The molecule has 2 aromatic rings. The zero-order valence-corrected chi connectivity index (χ0v) is 11.8. The third-order valence-electron chi connectivity index (χ3n) is 2.26. The predicted octanol–water partition coefficient (Wildman–Crippen LogP) is 4.07. The van der Waals surface area contributed by atoms with E-state index in [4.69, 9.17) is 0 Å². The SMILES string of the molecule is CN(C)C.c1ccc2c(c1)Nc1ccccc1S2. The minimum atomic E-state index is 1.20. The van der Waals surface area contributed by atoms with Crippen molar-refractivity contribution in [3.63, 3.8) is 0 Å². The normalized spacial score (nSPS) is 11.8. The molecule has 0 saturated carbocycles. The summed E-state index contributed by atoms with van der Waals surface area (Å²) in [5.41, 5.74) is 2.41. The average molecular weight is 258 g/mol. The van der Waals surface area contributed by atoms with E-state index in [0.29, 0.717) is 0 Å². The Morgan fingerprint density at radius 3 is 1.61 bits per heavy atom. The summed E-state index contributed by atoms with van der Waals surface area (Å²) in [7, 11) is 6.00. The maximum absolute atomic E-state index is 3.42. The maximum atomic E-state index is 3.42. The molecule has 3 heteroatoms. The molecule has 1 heterocycles. The number of rotatable bonds is 0. The van der Waals surface area contributed by atoms with Crippen LogP contribution in [0.2, 0.25) is 0 Å². The third-order valence-corrected chi connectivity index (χ3v) is 3.42. The van der Waals surface area contributed by atoms with Gasteiger partial charge in [0.1, 0.15) is 0 Å². The number of para-hydroxylation sites is 2. The molecule has 1 aliphatic heterocycles. The second-order valence-electron chi connectivity index (χ2n) is 4.56. The van der Waals surface area contributed by atoms with Crippen molar-refractivity contribution >= 4 is 23.1 Å². The van der Waals surface area contributed by atoms with Crippen LogP contribution in [0.15, 0.2) is 58.3 Å². The Morgan fingerprint density at radius 2 is 1.17 bits per heavy atom. The van der Waals surface area contributed by atoms with Crippen LogP contribution in [0.3, 0.4) is 0 Å². The van der Waals surface area contributed by atoms with Crippen LogP contribution in [0, 0.1) is 0 Å². The lowest BCUT2D eigenvalue weighted by Crippen LogP contribution is -1.99. The van der Waals surface area contributed by atoms with Crippen molar-refractivity contribution in [2.45, 2.75) is 9.79 Å². The average Bonchev–Trinajstić information content (AvgIpc) is 2.35. The number of fused-ring (bicyclic) bond motifs is 2. The van der Waals surface area contributed by atoms with Crippen molar-refractivity contribution in [2.24, 2.45) is 0 Å². The summed E-state index contributed by atoms with van der Waals surface area (Å²) >= 11 is 1.82. The van der Waals surface area contributed by atoms with Gasteiger partial charge in [0.2, 0.25) is 0 Å². The molecule has 0 amide bonds. The molecule has 0 aliphatic carbocycles. The van der Waals surface area contributed by atoms with Crippen molar-refractivity contribution < 1.29 is 0 Å². The largest absolute Gasteiger partial charge is 0.354 e. The van der Waals surface area contributed by atoms with Crippen LogP contribution in [-0.2, 0) is 0 Å². The number of benzene rings is 2. The van der Waals surface area contributed by atoms with Crippen molar-refractivity contribution in [1.29, 1.82) is 0 Å². The van der Waals surface area contributed by atoms with Crippen LogP contribution < -0.4 is 5.32 Å². The highest BCUT2D eigenvalue weighted by atomic mass is 32.2. The summed E-state index contributed by atoms with van der Waals surface area (Å²) in [6, 6.07) is 16.8. The molecule has 1 N–H and O–H groups in total. The lowest BCUT2D eigenvalue weighted by Gasteiger charge is -2.19. The fourth-order valence-corrected chi connectivity index (χ4v) is 2.57. The number of nitrogens with one attached hydrogen (secondary N) is 1. The second-order valence-corrected chi connectivity index (χ2v) is 5.64. The lowest BCUT2D eigenvalue weighted by molar-refractivity contribution is 0.505. The molecular weight excluding hydrogens is 240 g/mol. The standard InChI is InChI=1S/C12H9NS.C3H9N/c1-3-7-11-9(5-1)13-10-6-2-4-8-12(10)14-11;1-4(2)3/h1-8,13H;1-3H3. The molecule has 0 bridgehead atoms. The smallest absolute Gasteiger partial charge is 0.0526 e. The van der Waals surface area contributed by atoms with Gasteiger partial charge < -0.3 is 10.2 Å². The van der Waals surface area contributed by atoms with Crippen LogP contribution in [0.5, 0.6) is 0 Å². The minimum Gasteiger partial charge on any atom is -0.354 e. The first-order valence-corrected chi connectivity index (χ1v) is 6.72. The van der Waals surface area contributed by atoms with Crippen LogP contribution in [0.1, 0.15) is 0 Å². The van der Waals surface area contributed by atoms with E-state index < -0.39 is 0 Å². The summed E-state index contributed by atoms with van der Waals surface area (Å²) in [4.78, 5) is 4.59. The van der Waals surface area contributed by atoms with Crippen molar-refractivity contribution in [3.8, 4) is 0 Å². The van der Waals surface area contributed by atoms with E-state index in [0.717, 1.165) is 0 Å². The molecule has 3 rings (SSSR count). The van der Waals surface area contributed by atoms with E-state index in [1.807, 2.05) is 37.8 Å². The quantitative estimate of drug-likeness (QED) is 0.654. The molecule has 18 heavy (non-hydrogen) atoms. The predicted molar refractivity (Wildman–Crippen MR) is 79.9 cm³/mol. The van der Waals surface area contributed by atoms with Gasteiger partial charge >= 0.3 is 0 Å². The summed E-state index contributed by atoms with van der Waals surface area (Å²) in [6.07, 6.45) is 0. The van der Waals surface area contributed by atoms with Crippen LogP contribution in [0.25, 0.3) is 0 Å². The highest BCUT2D eigenvalue weighted by molar-refractivity contribution is 7.99. The summed E-state index contributed by atoms with van der Waals surface area (Å²) in [5.74, 6) is 0. The van der Waals surface area contributed by atoms with Crippen LogP contribution in [-0.4, -0.2) is 26.0 Å². The Morgan fingerprint density at radius 1 is 0.778 bits per heavy atom. The molecule has 0 unspecified atom stereocenters. The first-order valence-electron chi connectivity index (χ1n) is 5.90. The van der Waals surface area contributed by atoms with Crippen molar-refractivity contribution in [2.75, 3.05) is 26.5 Å². The fraction of sp³-hybridized carbons (Fsp3) is 0.200. The van der Waals surface area contributed by atoms with Gasteiger partial charge in [0, 0.05) is 9.79 Å². The molecule has 0 saturated heterocycles. The van der Waals surface area contributed by atoms with Crippen LogP contribution >= 0.6 is 11.8 Å². The van der Waals surface area contributed by atoms with E-state index in [-0.39, 0.29) is 0 Å². The third kappa shape index (κ3) is 3.28. The number of anilines is 2. The molecule has 94 valence electrons. The first kappa shape index (κ1) is 13.0. The highest BCUT2D eigenvalue weighted by Gasteiger charge is 2.13. The van der Waals surface area contributed by atoms with Crippen molar-refractivity contribution in [3.05, 3.63) is 48.5 Å². The summed E-state index contributed by atoms with van der Waals surface area (Å²) < 4.78 is 0. The van der Waals surface area contributed by atoms with Gasteiger partial charge in [-0.15, -0.1) is 0 Å². The zero-order chi connectivity index (χ0) is 13.0. The fourth-order valence-electron chi connectivity index (χ4n) is 1.58. The molecule has 2 aromatic carbocycles. The van der Waals surface area contributed by atoms with E-state index in [2.05, 4.69) is 53.8 Å². The molecule has 0 radical (unpaired) electrons. The Labute approximate surface area is 113 Å². The van der Waals surface area contributed by atoms with E-state index in [1.165, 1.54) is 21.2 Å². The second kappa shape index (κ2) is 5.94. The Hall–Kier alpha value is -1.45. The number of hydrogen-bond acceptors (Lipinski definition) is 3. The zero-order valence-electron chi connectivity index (χ0n) is 11.0. The minimum absolute atomic E-state index is 1.20. The molecule has 0 spiro atoms. The molecule has 1 aliphatic rings. The number of hydrogen-bond donors (Lipinski definition) is 1. The first-order chi connectivity index (χ1) is 8.66. The highest BCUT2D eigenvalue weighted by Crippen LogP contribution is 2.43. The van der Waals surface area contributed by atoms with Gasteiger partial charge in [-0.05, 0) is 45.4 Å². The lowest BCUT2D eigenvalue weighted by atomic mass is 10.2. The van der Waals surface area contributed by atoms with E-state index in [9.17, 15) is 0 Å². The topological polar surface area (TPSA) is 15.3 Å². The van der Waals surface area contributed by atoms with Gasteiger partial charge in [-0.25, -0.2) is 0 Å². The summed E-state index contributed by atoms with van der Waals surface area (Å²) in [5, 5.41) is 3.42.